The molecule has 0 fully saturated rings. The molecule has 2 rings (SSSR count). The summed E-state index contributed by atoms with van der Waals surface area (Å²) in [5, 5.41) is 30.6. The zero-order valence-electron chi connectivity index (χ0n) is 13.3. The number of rotatable bonds is 7. The van der Waals surface area contributed by atoms with Gasteiger partial charge in [-0.3, -0.25) is 4.79 Å². The van der Waals surface area contributed by atoms with Crippen molar-refractivity contribution >= 4 is 13.2 Å². The van der Waals surface area contributed by atoms with Crippen molar-refractivity contribution in [1.82, 2.24) is 5.32 Å². The van der Waals surface area contributed by atoms with Gasteiger partial charge in [0.05, 0.1) is 0 Å². The molecule has 0 saturated heterocycles. The van der Waals surface area contributed by atoms with Gasteiger partial charge in [0.25, 0.3) is 5.91 Å². The number of benzene rings is 2. The molecule has 0 radical (unpaired) electrons. The van der Waals surface area contributed by atoms with E-state index in [-0.39, 0.29) is 6.42 Å². The highest BCUT2D eigenvalue weighted by molar-refractivity contribution is 6.32. The highest BCUT2D eigenvalue weighted by atomic mass is 16.6. The van der Waals surface area contributed by atoms with Crippen LogP contribution in [0.5, 0.6) is 0 Å². The predicted octanol–water partition coefficient (Wildman–Crippen LogP) is 0.700. The largest absolute Gasteiger partial charge is 0.635 e. The normalized spacial score (nSPS) is 13.2. The van der Waals surface area contributed by atoms with Gasteiger partial charge in [-0.1, -0.05) is 60.2 Å². The van der Waals surface area contributed by atoms with E-state index in [1.165, 1.54) is 0 Å². The maximum absolute atomic E-state index is 12.2. The van der Waals surface area contributed by atoms with Crippen LogP contribution >= 0.6 is 0 Å². The highest BCUT2D eigenvalue weighted by Crippen LogP contribution is 2.13. The molecule has 0 heterocycles. The Kier molecular flexibility index (Phi) is 6.51. The van der Waals surface area contributed by atoms with E-state index < -0.39 is 25.6 Å². The Hall–Kier alpha value is -2.19. The molecule has 0 aliphatic heterocycles. The first-order valence-electron chi connectivity index (χ1n) is 7.56. The molecule has 2 aromatic carbocycles. The van der Waals surface area contributed by atoms with Crippen LogP contribution in [0.15, 0.2) is 54.6 Å². The molecule has 0 spiro atoms. The lowest BCUT2D eigenvalue weighted by atomic mass is 10.1. The maximum Gasteiger partial charge on any atom is 0.635 e. The lowest BCUT2D eigenvalue weighted by Gasteiger charge is -2.21. The monoisotopic (exact) mass is 329 g/mol. The lowest BCUT2D eigenvalue weighted by Crippen LogP contribution is -2.44. The number of aliphatic hydroxyl groups is 1. The van der Waals surface area contributed by atoms with Gasteiger partial charge in [-0.15, -0.1) is 0 Å². The number of amides is 1. The van der Waals surface area contributed by atoms with Gasteiger partial charge in [0.2, 0.25) is 0 Å². The second kappa shape index (κ2) is 8.61. The molecular formula is C17H20BNO5. The molecule has 2 atom stereocenters. The Bertz CT molecular complexity index is 648. The fraction of sp³-hybridized carbons (Fsp3) is 0.235. The van der Waals surface area contributed by atoms with Gasteiger partial charge in [0.1, 0.15) is 6.23 Å². The molecular weight excluding hydrogens is 309 g/mol. The number of carbonyl (C=O) groups is 1. The van der Waals surface area contributed by atoms with Crippen molar-refractivity contribution in [1.29, 1.82) is 0 Å². The van der Waals surface area contributed by atoms with Gasteiger partial charge < -0.3 is 25.1 Å². The third kappa shape index (κ3) is 5.47. The summed E-state index contributed by atoms with van der Waals surface area (Å²) < 4.78 is 4.91. The molecule has 2 aromatic rings. The summed E-state index contributed by atoms with van der Waals surface area (Å²) in [6, 6.07) is 16.0. The minimum atomic E-state index is -2.03. The molecule has 126 valence electrons. The van der Waals surface area contributed by atoms with Gasteiger partial charge in [0, 0.05) is 6.42 Å². The van der Waals surface area contributed by atoms with Gasteiger partial charge in [0.15, 0.2) is 6.10 Å². The molecule has 7 heteroatoms. The molecule has 0 unspecified atom stereocenters. The highest BCUT2D eigenvalue weighted by Gasteiger charge is 2.24. The lowest BCUT2D eigenvalue weighted by molar-refractivity contribution is -0.132. The third-order valence-electron chi connectivity index (χ3n) is 3.49. The number of hydrogen-bond acceptors (Lipinski definition) is 5. The number of hydrogen-bond donors (Lipinski definition) is 4. The summed E-state index contributed by atoms with van der Waals surface area (Å²) in [6.07, 6.45) is -2.13. The zero-order chi connectivity index (χ0) is 17.5. The van der Waals surface area contributed by atoms with Crippen LogP contribution in [0.3, 0.4) is 0 Å². The van der Waals surface area contributed by atoms with Gasteiger partial charge in [-0.05, 0) is 18.1 Å². The van der Waals surface area contributed by atoms with Crippen LogP contribution in [-0.2, 0) is 15.9 Å². The van der Waals surface area contributed by atoms with E-state index in [1.54, 1.807) is 30.3 Å². The minimum absolute atomic E-state index is 0.227. The Morgan fingerprint density at radius 1 is 1.12 bits per heavy atom. The summed E-state index contributed by atoms with van der Waals surface area (Å²) in [7, 11) is -2.03. The van der Waals surface area contributed by atoms with Crippen molar-refractivity contribution in [3.8, 4) is 0 Å². The van der Waals surface area contributed by atoms with Gasteiger partial charge in [-0.25, -0.2) is 0 Å². The number of aryl methyl sites for hydroxylation is 1. The van der Waals surface area contributed by atoms with Crippen molar-refractivity contribution in [2.45, 2.75) is 25.7 Å². The van der Waals surface area contributed by atoms with Crippen molar-refractivity contribution in [3.63, 3.8) is 0 Å². The molecule has 6 nitrogen and oxygen atoms in total. The minimum Gasteiger partial charge on any atom is -0.402 e. The molecule has 4 N–H and O–H groups in total. The van der Waals surface area contributed by atoms with E-state index in [0.29, 0.717) is 5.56 Å². The van der Waals surface area contributed by atoms with Crippen LogP contribution in [0.4, 0.5) is 0 Å². The molecule has 0 aromatic heterocycles. The van der Waals surface area contributed by atoms with Crippen LogP contribution in [0.2, 0.25) is 0 Å². The van der Waals surface area contributed by atoms with E-state index in [1.807, 2.05) is 31.2 Å². The molecule has 0 bridgehead atoms. The fourth-order valence-corrected chi connectivity index (χ4v) is 2.24. The number of nitrogens with one attached hydrogen (secondary N) is 1. The standard InChI is InChI=1S/C17H20BNO5/c1-12-7-9-13(10-8-12)11-15(24-18(22)23)19-17(21)16(20)14-5-3-2-4-6-14/h2-10,15-16,20,22-23H,11H2,1H3,(H,19,21)/t15-,16-/m1/s1. The van der Waals surface area contributed by atoms with E-state index in [9.17, 15) is 9.90 Å². The quantitative estimate of drug-likeness (QED) is 0.443. The predicted molar refractivity (Wildman–Crippen MR) is 89.5 cm³/mol. The van der Waals surface area contributed by atoms with Crippen molar-refractivity contribution < 1.29 is 24.6 Å². The first-order valence-corrected chi connectivity index (χ1v) is 7.56. The fourth-order valence-electron chi connectivity index (χ4n) is 2.24. The van der Waals surface area contributed by atoms with Gasteiger partial charge in [-0.2, -0.15) is 0 Å². The molecule has 0 aliphatic rings. The van der Waals surface area contributed by atoms with E-state index in [4.69, 9.17) is 14.7 Å². The first kappa shape index (κ1) is 18.2. The van der Waals surface area contributed by atoms with Crippen LogP contribution in [-0.4, -0.2) is 34.6 Å². The number of carbonyl (C=O) groups excluding carboxylic acids is 1. The summed E-state index contributed by atoms with van der Waals surface area (Å²) in [5.41, 5.74) is 2.37. The third-order valence-corrected chi connectivity index (χ3v) is 3.49. The van der Waals surface area contributed by atoms with Crippen molar-refractivity contribution in [2.24, 2.45) is 0 Å². The summed E-state index contributed by atoms with van der Waals surface area (Å²) in [6.45, 7) is 1.95. The number of aliphatic hydroxyl groups excluding tert-OH is 1. The molecule has 24 heavy (non-hydrogen) atoms. The summed E-state index contributed by atoms with van der Waals surface area (Å²) in [5.74, 6) is -0.682. The SMILES string of the molecule is Cc1ccc(C[C@H](NC(=O)[C@H](O)c2ccccc2)OB(O)O)cc1. The Morgan fingerprint density at radius 3 is 2.33 bits per heavy atom. The second-order valence-electron chi connectivity index (χ2n) is 5.46. The van der Waals surface area contributed by atoms with E-state index in [0.717, 1.165) is 11.1 Å². The smallest absolute Gasteiger partial charge is 0.402 e. The van der Waals surface area contributed by atoms with Crippen LogP contribution in [0, 0.1) is 6.92 Å². The Morgan fingerprint density at radius 2 is 1.75 bits per heavy atom. The molecule has 1 amide bonds. The zero-order valence-corrected chi connectivity index (χ0v) is 13.3. The van der Waals surface area contributed by atoms with E-state index in [2.05, 4.69) is 5.32 Å². The molecule has 0 saturated carbocycles. The topological polar surface area (TPSA) is 99.0 Å². The average Bonchev–Trinajstić information content (AvgIpc) is 2.56. The van der Waals surface area contributed by atoms with Crippen LogP contribution < -0.4 is 5.32 Å². The van der Waals surface area contributed by atoms with E-state index >= 15 is 0 Å². The maximum atomic E-state index is 12.2. The second-order valence-corrected chi connectivity index (χ2v) is 5.46. The van der Waals surface area contributed by atoms with Gasteiger partial charge >= 0.3 is 7.32 Å². The first-order chi connectivity index (χ1) is 11.5. The van der Waals surface area contributed by atoms with Crippen molar-refractivity contribution in [3.05, 3.63) is 71.3 Å². The Labute approximate surface area is 140 Å². The van der Waals surface area contributed by atoms with Crippen LogP contribution in [0.1, 0.15) is 22.8 Å². The molecule has 0 aliphatic carbocycles. The Balaban J connectivity index is 2.04. The van der Waals surface area contributed by atoms with Crippen LogP contribution in [0.25, 0.3) is 0 Å². The van der Waals surface area contributed by atoms with Crippen molar-refractivity contribution in [2.75, 3.05) is 0 Å². The summed E-state index contributed by atoms with van der Waals surface area (Å²) >= 11 is 0. The average molecular weight is 329 g/mol. The summed E-state index contributed by atoms with van der Waals surface area (Å²) in [4.78, 5) is 12.2.